The number of nitrogens with zero attached hydrogens (tertiary/aromatic N) is 4. The molecule has 7 heteroatoms. The summed E-state index contributed by atoms with van der Waals surface area (Å²) in [7, 11) is 3.79. The Morgan fingerprint density at radius 2 is 2.00 bits per heavy atom. The molecule has 0 atom stereocenters. The summed E-state index contributed by atoms with van der Waals surface area (Å²) in [5.74, 6) is 0.229. The average molecular weight is 284 g/mol. The Kier molecular flexibility index (Phi) is 3.91. The maximum Gasteiger partial charge on any atom is 0.222 e. The van der Waals surface area contributed by atoms with Crippen LogP contribution in [0.4, 0.5) is 11.8 Å². The number of hydrogen-bond acceptors (Lipinski definition) is 7. The molecule has 0 aliphatic heterocycles. The third-order valence-electron chi connectivity index (χ3n) is 2.91. The Morgan fingerprint density at radius 3 is 2.62 bits per heavy atom. The van der Waals surface area contributed by atoms with Crippen molar-refractivity contribution < 1.29 is 5.11 Å². The Balaban J connectivity index is 2.60. The number of anilines is 2. The molecule has 108 valence electrons. The summed E-state index contributed by atoms with van der Waals surface area (Å²) >= 11 is 0. The molecule has 21 heavy (non-hydrogen) atoms. The lowest BCUT2D eigenvalue weighted by molar-refractivity contribution is 0.386. The number of nitriles is 1. The maximum atomic E-state index is 9.89. The van der Waals surface area contributed by atoms with Crippen LogP contribution in [0.15, 0.2) is 18.2 Å². The van der Waals surface area contributed by atoms with Gasteiger partial charge in [0, 0.05) is 17.7 Å². The Hall–Kier alpha value is -2.85. The van der Waals surface area contributed by atoms with Gasteiger partial charge in [-0.1, -0.05) is 0 Å². The number of phenolic OH excluding ortho intramolecular Hbond substituents is 1. The smallest absolute Gasteiger partial charge is 0.222 e. The molecule has 5 N–H and O–H groups in total. The van der Waals surface area contributed by atoms with Gasteiger partial charge in [-0.05, 0) is 32.3 Å². The van der Waals surface area contributed by atoms with Crippen LogP contribution in [-0.2, 0) is 6.54 Å². The van der Waals surface area contributed by atoms with E-state index in [1.54, 1.807) is 18.2 Å². The van der Waals surface area contributed by atoms with Gasteiger partial charge in [-0.3, -0.25) is 0 Å². The number of aromatic hydroxyl groups is 1. The lowest BCUT2D eigenvalue weighted by Crippen LogP contribution is -2.11. The molecule has 0 aliphatic rings. The van der Waals surface area contributed by atoms with Crippen molar-refractivity contribution in [2.75, 3.05) is 25.6 Å². The third kappa shape index (κ3) is 3.01. The first-order valence-electron chi connectivity index (χ1n) is 6.22. The second kappa shape index (κ2) is 5.64. The van der Waals surface area contributed by atoms with Crippen LogP contribution in [0.2, 0.25) is 0 Å². The van der Waals surface area contributed by atoms with Crippen LogP contribution in [0.25, 0.3) is 11.3 Å². The van der Waals surface area contributed by atoms with E-state index in [1.807, 2.05) is 25.1 Å². The number of phenols is 1. The van der Waals surface area contributed by atoms with Gasteiger partial charge in [0.2, 0.25) is 5.95 Å². The second-order valence-corrected chi connectivity index (χ2v) is 4.88. The fraction of sp³-hybridized carbons (Fsp3) is 0.214. The summed E-state index contributed by atoms with van der Waals surface area (Å²) in [6.07, 6.45) is 0. The minimum absolute atomic E-state index is 0.00346. The average Bonchev–Trinajstić information content (AvgIpc) is 2.40. The third-order valence-corrected chi connectivity index (χ3v) is 2.91. The molecule has 0 aliphatic carbocycles. The molecule has 0 saturated heterocycles. The largest absolute Gasteiger partial charge is 0.508 e. The van der Waals surface area contributed by atoms with E-state index in [-0.39, 0.29) is 23.1 Å². The summed E-state index contributed by atoms with van der Waals surface area (Å²) in [6.45, 7) is 0.553. The Morgan fingerprint density at radius 1 is 1.29 bits per heavy atom. The zero-order chi connectivity index (χ0) is 15.6. The molecule has 7 nitrogen and oxygen atoms in total. The first-order chi connectivity index (χ1) is 9.92. The van der Waals surface area contributed by atoms with Crippen molar-refractivity contribution >= 4 is 11.8 Å². The quantitative estimate of drug-likeness (QED) is 0.766. The van der Waals surface area contributed by atoms with Crippen molar-refractivity contribution in [2.45, 2.75) is 6.54 Å². The molecule has 1 heterocycles. The summed E-state index contributed by atoms with van der Waals surface area (Å²) in [5.41, 5.74) is 13.2. The SMILES string of the molecule is CN(C)Cc1cc(-c2nc(N)nc(N)c2C#N)ccc1O. The van der Waals surface area contributed by atoms with Crippen LogP contribution >= 0.6 is 0 Å². The fourth-order valence-corrected chi connectivity index (χ4v) is 2.02. The van der Waals surface area contributed by atoms with Gasteiger partial charge < -0.3 is 21.5 Å². The van der Waals surface area contributed by atoms with Crippen LogP contribution < -0.4 is 11.5 Å². The van der Waals surface area contributed by atoms with E-state index < -0.39 is 0 Å². The van der Waals surface area contributed by atoms with Gasteiger partial charge in [-0.2, -0.15) is 10.2 Å². The zero-order valence-corrected chi connectivity index (χ0v) is 11.8. The minimum Gasteiger partial charge on any atom is -0.508 e. The van der Waals surface area contributed by atoms with Gasteiger partial charge in [-0.25, -0.2) is 4.98 Å². The number of rotatable bonds is 3. The molecule has 0 bridgehead atoms. The van der Waals surface area contributed by atoms with Crippen LogP contribution in [0, 0.1) is 11.3 Å². The standard InChI is InChI=1S/C14H16N6O/c1-20(2)7-9-5-8(3-4-11(9)21)12-10(6-15)13(16)19-14(17)18-12/h3-5,21H,7H2,1-2H3,(H4,16,17,18,19). The first-order valence-corrected chi connectivity index (χ1v) is 6.22. The topological polar surface area (TPSA) is 125 Å². The molecule has 0 unspecified atom stereocenters. The Bertz CT molecular complexity index is 720. The second-order valence-electron chi connectivity index (χ2n) is 4.88. The normalized spacial score (nSPS) is 10.6. The highest BCUT2D eigenvalue weighted by Gasteiger charge is 2.14. The summed E-state index contributed by atoms with van der Waals surface area (Å²) < 4.78 is 0. The monoisotopic (exact) mass is 284 g/mol. The predicted octanol–water partition coefficient (Wildman–Crippen LogP) is 0.947. The minimum atomic E-state index is 0.00346. The van der Waals surface area contributed by atoms with Crippen molar-refractivity contribution in [1.82, 2.24) is 14.9 Å². The van der Waals surface area contributed by atoms with Crippen molar-refractivity contribution in [3.05, 3.63) is 29.3 Å². The number of nitrogens with two attached hydrogens (primary N) is 2. The van der Waals surface area contributed by atoms with Gasteiger partial charge >= 0.3 is 0 Å². The number of aromatic nitrogens is 2. The van der Waals surface area contributed by atoms with Gasteiger partial charge in [0.15, 0.2) is 0 Å². The molecular formula is C14H16N6O. The van der Waals surface area contributed by atoms with Crippen molar-refractivity contribution in [2.24, 2.45) is 0 Å². The first kappa shape index (κ1) is 14.6. The molecule has 1 aromatic carbocycles. The van der Waals surface area contributed by atoms with E-state index in [1.165, 1.54) is 0 Å². The lowest BCUT2D eigenvalue weighted by Gasteiger charge is -2.13. The molecule has 0 fully saturated rings. The van der Waals surface area contributed by atoms with Crippen LogP contribution in [0.3, 0.4) is 0 Å². The van der Waals surface area contributed by atoms with E-state index in [0.29, 0.717) is 17.8 Å². The fourth-order valence-electron chi connectivity index (χ4n) is 2.02. The number of benzene rings is 1. The Labute approximate surface area is 122 Å². The van der Waals surface area contributed by atoms with Gasteiger partial charge in [0.25, 0.3) is 0 Å². The van der Waals surface area contributed by atoms with E-state index in [4.69, 9.17) is 11.5 Å². The highest BCUT2D eigenvalue weighted by Crippen LogP contribution is 2.29. The van der Waals surface area contributed by atoms with Crippen molar-refractivity contribution in [3.8, 4) is 23.1 Å². The molecule has 1 aromatic heterocycles. The molecule has 0 amide bonds. The predicted molar refractivity (Wildman–Crippen MR) is 80.1 cm³/mol. The molecule has 2 aromatic rings. The number of hydrogen-bond donors (Lipinski definition) is 3. The van der Waals surface area contributed by atoms with Gasteiger partial charge in [0.1, 0.15) is 23.2 Å². The van der Waals surface area contributed by atoms with Crippen LogP contribution in [0.5, 0.6) is 5.75 Å². The molecular weight excluding hydrogens is 268 g/mol. The summed E-state index contributed by atoms with van der Waals surface area (Å²) in [5, 5.41) is 19.1. The van der Waals surface area contributed by atoms with E-state index in [9.17, 15) is 10.4 Å². The van der Waals surface area contributed by atoms with Gasteiger partial charge in [-0.15, -0.1) is 0 Å². The summed E-state index contributed by atoms with van der Waals surface area (Å²) in [6, 6.07) is 6.97. The van der Waals surface area contributed by atoms with Crippen molar-refractivity contribution in [3.63, 3.8) is 0 Å². The van der Waals surface area contributed by atoms with E-state index in [2.05, 4.69) is 9.97 Å². The molecule has 0 spiro atoms. The van der Waals surface area contributed by atoms with Gasteiger partial charge in [0.05, 0.1) is 5.69 Å². The highest BCUT2D eigenvalue weighted by atomic mass is 16.3. The lowest BCUT2D eigenvalue weighted by atomic mass is 10.0. The summed E-state index contributed by atoms with van der Waals surface area (Å²) in [4.78, 5) is 9.80. The highest BCUT2D eigenvalue weighted by molar-refractivity contribution is 5.74. The van der Waals surface area contributed by atoms with E-state index >= 15 is 0 Å². The van der Waals surface area contributed by atoms with Crippen LogP contribution in [0.1, 0.15) is 11.1 Å². The van der Waals surface area contributed by atoms with Crippen LogP contribution in [-0.4, -0.2) is 34.1 Å². The molecule has 0 saturated carbocycles. The maximum absolute atomic E-state index is 9.89. The number of nitrogen functional groups attached to an aromatic ring is 2. The van der Waals surface area contributed by atoms with Crippen molar-refractivity contribution in [1.29, 1.82) is 5.26 Å². The van der Waals surface area contributed by atoms with E-state index in [0.717, 1.165) is 5.56 Å². The zero-order valence-electron chi connectivity index (χ0n) is 11.8. The molecule has 2 rings (SSSR count). The molecule has 0 radical (unpaired) electrons.